The monoisotopic (exact) mass is 346 g/mol. The van der Waals surface area contributed by atoms with Gasteiger partial charge in [0.05, 0.1) is 13.2 Å². The summed E-state index contributed by atoms with van der Waals surface area (Å²) in [6.07, 6.45) is 2.29. The molecule has 1 unspecified atom stereocenters. The summed E-state index contributed by atoms with van der Waals surface area (Å²) in [5, 5.41) is 0. The van der Waals surface area contributed by atoms with Gasteiger partial charge in [0.15, 0.2) is 6.61 Å². The minimum Gasteiger partial charge on any atom is -0.483 e. The number of rotatable bonds is 5. The largest absolute Gasteiger partial charge is 0.483 e. The predicted octanol–water partition coefficient (Wildman–Crippen LogP) is 2.25. The molecule has 0 aliphatic carbocycles. The minimum atomic E-state index is 0.106. The van der Waals surface area contributed by atoms with Gasteiger partial charge in [0.2, 0.25) is 0 Å². The number of benzene rings is 1. The Labute approximate surface area is 150 Å². The van der Waals surface area contributed by atoms with Crippen LogP contribution in [0.5, 0.6) is 5.75 Å². The van der Waals surface area contributed by atoms with E-state index >= 15 is 0 Å². The summed E-state index contributed by atoms with van der Waals surface area (Å²) in [6.45, 7) is 10.7. The lowest BCUT2D eigenvalue weighted by Gasteiger charge is -2.36. The number of hydrogen-bond donors (Lipinski definition) is 0. The molecule has 5 heteroatoms. The number of morpholine rings is 1. The van der Waals surface area contributed by atoms with Gasteiger partial charge >= 0.3 is 0 Å². The van der Waals surface area contributed by atoms with E-state index in [0.717, 1.165) is 69.2 Å². The zero-order valence-corrected chi connectivity index (χ0v) is 15.5. The molecule has 2 fully saturated rings. The second-order valence-electron chi connectivity index (χ2n) is 7.27. The third kappa shape index (κ3) is 4.95. The van der Waals surface area contributed by atoms with Gasteiger partial charge in [-0.2, -0.15) is 0 Å². The highest BCUT2D eigenvalue weighted by molar-refractivity contribution is 5.78. The molecule has 2 saturated heterocycles. The van der Waals surface area contributed by atoms with E-state index in [0.29, 0.717) is 5.92 Å². The molecule has 2 aliphatic heterocycles. The molecule has 1 aromatic rings. The maximum absolute atomic E-state index is 12.6. The summed E-state index contributed by atoms with van der Waals surface area (Å²) in [5.41, 5.74) is 2.16. The van der Waals surface area contributed by atoms with Crippen LogP contribution in [0.2, 0.25) is 0 Å². The molecule has 0 radical (unpaired) electrons. The summed E-state index contributed by atoms with van der Waals surface area (Å²) in [6, 6.07) is 6.05. The molecule has 2 heterocycles. The second kappa shape index (κ2) is 8.68. The quantitative estimate of drug-likeness (QED) is 0.820. The van der Waals surface area contributed by atoms with Crippen molar-refractivity contribution >= 4 is 5.91 Å². The van der Waals surface area contributed by atoms with Crippen molar-refractivity contribution in [2.24, 2.45) is 5.92 Å². The fraction of sp³-hybridized carbons (Fsp3) is 0.650. The Morgan fingerprint density at radius 2 is 1.92 bits per heavy atom. The molecule has 1 amide bonds. The van der Waals surface area contributed by atoms with Gasteiger partial charge in [-0.3, -0.25) is 9.69 Å². The zero-order chi connectivity index (χ0) is 17.6. The molecule has 0 aromatic heterocycles. The molecular formula is C20H30N2O3. The van der Waals surface area contributed by atoms with E-state index in [9.17, 15) is 4.79 Å². The number of amides is 1. The van der Waals surface area contributed by atoms with Crippen LogP contribution in [0.4, 0.5) is 0 Å². The van der Waals surface area contributed by atoms with Crippen LogP contribution in [0.3, 0.4) is 0 Å². The van der Waals surface area contributed by atoms with Crippen LogP contribution in [-0.2, 0) is 9.53 Å². The van der Waals surface area contributed by atoms with E-state index in [1.165, 1.54) is 6.42 Å². The van der Waals surface area contributed by atoms with E-state index < -0.39 is 0 Å². The Kier molecular flexibility index (Phi) is 6.32. The number of ether oxygens (including phenoxy) is 2. The average molecular weight is 346 g/mol. The van der Waals surface area contributed by atoms with Gasteiger partial charge in [-0.1, -0.05) is 18.2 Å². The molecule has 0 N–H and O–H groups in total. The van der Waals surface area contributed by atoms with Gasteiger partial charge in [0.25, 0.3) is 5.91 Å². The van der Waals surface area contributed by atoms with Crippen molar-refractivity contribution in [1.29, 1.82) is 0 Å². The summed E-state index contributed by atoms with van der Waals surface area (Å²) < 4.78 is 11.3. The predicted molar refractivity (Wildman–Crippen MR) is 98.0 cm³/mol. The van der Waals surface area contributed by atoms with Crippen molar-refractivity contribution in [3.05, 3.63) is 29.3 Å². The van der Waals surface area contributed by atoms with Crippen LogP contribution in [-0.4, -0.2) is 68.3 Å². The van der Waals surface area contributed by atoms with Crippen molar-refractivity contribution in [3.8, 4) is 5.75 Å². The fourth-order valence-corrected chi connectivity index (χ4v) is 3.84. The van der Waals surface area contributed by atoms with Crippen LogP contribution in [0.25, 0.3) is 0 Å². The van der Waals surface area contributed by atoms with Crippen molar-refractivity contribution in [1.82, 2.24) is 9.80 Å². The fourth-order valence-electron chi connectivity index (χ4n) is 3.84. The Balaban J connectivity index is 1.49. The SMILES string of the molecule is Cc1cccc(C)c1OCC(=O)N1CCCC(CN2CCOCC2)C1. The maximum Gasteiger partial charge on any atom is 0.260 e. The first-order valence-electron chi connectivity index (χ1n) is 9.40. The number of para-hydroxylation sites is 1. The van der Waals surface area contributed by atoms with Crippen molar-refractivity contribution in [2.75, 3.05) is 52.5 Å². The van der Waals surface area contributed by atoms with Gasteiger partial charge in [-0.25, -0.2) is 0 Å². The smallest absolute Gasteiger partial charge is 0.260 e. The van der Waals surface area contributed by atoms with Gasteiger partial charge in [-0.15, -0.1) is 0 Å². The summed E-state index contributed by atoms with van der Waals surface area (Å²) in [7, 11) is 0. The van der Waals surface area contributed by atoms with E-state index in [-0.39, 0.29) is 12.5 Å². The number of nitrogens with zero attached hydrogens (tertiary/aromatic N) is 2. The summed E-state index contributed by atoms with van der Waals surface area (Å²) >= 11 is 0. The first-order valence-corrected chi connectivity index (χ1v) is 9.40. The molecule has 0 bridgehead atoms. The van der Waals surface area contributed by atoms with Crippen molar-refractivity contribution < 1.29 is 14.3 Å². The first kappa shape index (κ1) is 18.2. The Morgan fingerprint density at radius 3 is 2.64 bits per heavy atom. The topological polar surface area (TPSA) is 42.0 Å². The van der Waals surface area contributed by atoms with Crippen molar-refractivity contribution in [3.63, 3.8) is 0 Å². The lowest BCUT2D eigenvalue weighted by molar-refractivity contribution is -0.135. The standard InChI is InChI=1S/C20H30N2O3/c1-16-5-3-6-17(2)20(16)25-15-19(23)22-8-4-7-18(14-22)13-21-9-11-24-12-10-21/h3,5-6,18H,4,7-15H2,1-2H3. The van der Waals surface area contributed by atoms with Crippen LogP contribution in [0.1, 0.15) is 24.0 Å². The van der Waals surface area contributed by atoms with E-state index in [4.69, 9.17) is 9.47 Å². The number of carbonyl (C=O) groups excluding carboxylic acids is 1. The molecule has 1 atom stereocenters. The third-order valence-corrected chi connectivity index (χ3v) is 5.24. The van der Waals surface area contributed by atoms with Gasteiger partial charge in [0, 0.05) is 32.7 Å². The lowest BCUT2D eigenvalue weighted by Crippen LogP contribution is -2.47. The molecular weight excluding hydrogens is 316 g/mol. The molecule has 5 nitrogen and oxygen atoms in total. The normalized spacial score (nSPS) is 22.0. The highest BCUT2D eigenvalue weighted by Gasteiger charge is 2.26. The van der Waals surface area contributed by atoms with Crippen LogP contribution in [0.15, 0.2) is 18.2 Å². The number of likely N-dealkylation sites (tertiary alicyclic amines) is 1. The Hall–Kier alpha value is -1.59. The van der Waals surface area contributed by atoms with Crippen LogP contribution >= 0.6 is 0 Å². The lowest BCUT2D eigenvalue weighted by atomic mass is 9.97. The molecule has 2 aliphatic rings. The van der Waals surface area contributed by atoms with Gasteiger partial charge in [-0.05, 0) is 43.7 Å². The molecule has 0 saturated carbocycles. The molecule has 3 rings (SSSR count). The van der Waals surface area contributed by atoms with E-state index in [1.807, 2.05) is 36.9 Å². The summed E-state index contributed by atoms with van der Waals surface area (Å²) in [4.78, 5) is 17.1. The Morgan fingerprint density at radius 1 is 1.20 bits per heavy atom. The summed E-state index contributed by atoms with van der Waals surface area (Å²) in [5.74, 6) is 1.52. The highest BCUT2D eigenvalue weighted by Crippen LogP contribution is 2.23. The molecule has 25 heavy (non-hydrogen) atoms. The molecule has 138 valence electrons. The number of piperidine rings is 1. The maximum atomic E-state index is 12.6. The van der Waals surface area contributed by atoms with Crippen molar-refractivity contribution in [2.45, 2.75) is 26.7 Å². The number of carbonyl (C=O) groups is 1. The average Bonchev–Trinajstić information content (AvgIpc) is 2.62. The Bertz CT molecular complexity index is 564. The van der Waals surface area contributed by atoms with Gasteiger partial charge < -0.3 is 14.4 Å². The minimum absolute atomic E-state index is 0.106. The number of hydrogen-bond acceptors (Lipinski definition) is 4. The van der Waals surface area contributed by atoms with Crippen LogP contribution < -0.4 is 4.74 Å². The third-order valence-electron chi connectivity index (χ3n) is 5.24. The number of aryl methyl sites for hydroxylation is 2. The van der Waals surface area contributed by atoms with Gasteiger partial charge in [0.1, 0.15) is 5.75 Å². The first-order chi connectivity index (χ1) is 12.1. The van der Waals surface area contributed by atoms with E-state index in [2.05, 4.69) is 4.90 Å². The second-order valence-corrected chi connectivity index (χ2v) is 7.27. The zero-order valence-electron chi connectivity index (χ0n) is 15.5. The van der Waals surface area contributed by atoms with E-state index in [1.54, 1.807) is 0 Å². The van der Waals surface area contributed by atoms with Crippen LogP contribution in [0, 0.1) is 19.8 Å². The molecule has 0 spiro atoms. The highest BCUT2D eigenvalue weighted by atomic mass is 16.5. The molecule has 1 aromatic carbocycles.